The predicted octanol–water partition coefficient (Wildman–Crippen LogP) is -1.13. The molecule has 0 atom stereocenters. The highest BCUT2D eigenvalue weighted by atomic mass is 32.2. The molecule has 0 bridgehead atoms. The summed E-state index contributed by atoms with van der Waals surface area (Å²) in [6.45, 7) is 2.65. The molecular formula is C3H12N2O2S. The van der Waals surface area contributed by atoms with Crippen LogP contribution >= 0.6 is 0 Å². The van der Waals surface area contributed by atoms with Gasteiger partial charge in [0.05, 0.1) is 6.26 Å². The summed E-state index contributed by atoms with van der Waals surface area (Å²) in [5.41, 5.74) is 4.85. The van der Waals surface area contributed by atoms with Crippen molar-refractivity contribution < 1.29 is 8.42 Å². The van der Waals surface area contributed by atoms with E-state index >= 15 is 0 Å². The van der Waals surface area contributed by atoms with Gasteiger partial charge < -0.3 is 5.73 Å². The Kier molecular flexibility index (Phi) is 6.76. The molecule has 0 aliphatic rings. The van der Waals surface area contributed by atoms with Crippen LogP contribution in [0.15, 0.2) is 0 Å². The maximum atomic E-state index is 9.41. The molecule has 0 aromatic carbocycles. The normalized spacial score (nSPS) is 9.50. The van der Waals surface area contributed by atoms with Crippen molar-refractivity contribution in [1.29, 1.82) is 0 Å². The maximum Gasteiger partial charge on any atom is 0.206 e. The molecule has 4 nitrogen and oxygen atoms in total. The van der Waals surface area contributed by atoms with Crippen LogP contribution in [0.25, 0.3) is 0 Å². The van der Waals surface area contributed by atoms with Crippen molar-refractivity contribution in [3.63, 3.8) is 0 Å². The zero-order valence-corrected chi connectivity index (χ0v) is 5.90. The topological polar surface area (TPSA) is 86.2 Å². The molecule has 0 saturated heterocycles. The molecule has 52 valence electrons. The first kappa shape index (κ1) is 10.8. The number of sulfonamides is 1. The van der Waals surface area contributed by atoms with Gasteiger partial charge in [-0.15, -0.1) is 0 Å². The van der Waals surface area contributed by atoms with Crippen molar-refractivity contribution in [2.24, 2.45) is 10.9 Å². The first-order valence-corrected chi connectivity index (χ1v) is 4.05. The molecule has 0 spiro atoms. The Bertz CT molecular complexity index is 109. The molecule has 0 aliphatic heterocycles. The fourth-order valence-corrected chi connectivity index (χ4v) is 0. The smallest absolute Gasteiger partial charge is 0.206 e. The summed E-state index contributed by atoms with van der Waals surface area (Å²) in [5, 5.41) is 4.33. The van der Waals surface area contributed by atoms with Gasteiger partial charge in [0, 0.05) is 0 Å². The molecule has 0 aliphatic carbocycles. The molecule has 0 unspecified atom stereocenters. The largest absolute Gasteiger partial charge is 0.331 e. The van der Waals surface area contributed by atoms with E-state index in [9.17, 15) is 8.42 Å². The van der Waals surface area contributed by atoms with E-state index in [1.54, 1.807) is 0 Å². The lowest BCUT2D eigenvalue weighted by molar-refractivity contribution is 0.603. The highest BCUT2D eigenvalue weighted by Gasteiger charge is 1.78. The van der Waals surface area contributed by atoms with Gasteiger partial charge in [-0.05, 0) is 6.54 Å². The molecule has 0 rings (SSSR count). The van der Waals surface area contributed by atoms with Crippen LogP contribution in [-0.2, 0) is 10.0 Å². The lowest BCUT2D eigenvalue weighted by Gasteiger charge is -1.71. The standard InChI is InChI=1S/C2H7N.CH5NO2S/c1-2-3;1-5(2,3)4/h2-3H2,1H3;1H3,(H2,2,3,4). The van der Waals surface area contributed by atoms with E-state index in [4.69, 9.17) is 5.73 Å². The van der Waals surface area contributed by atoms with Crippen LogP contribution in [0.3, 0.4) is 0 Å². The first-order chi connectivity index (χ1) is 3.41. The summed E-state index contributed by atoms with van der Waals surface area (Å²) in [6.07, 6.45) is 0.938. The average molecular weight is 140 g/mol. The van der Waals surface area contributed by atoms with E-state index in [0.717, 1.165) is 12.8 Å². The van der Waals surface area contributed by atoms with Crippen LogP contribution in [-0.4, -0.2) is 21.2 Å². The minimum absolute atomic E-state index is 0.750. The van der Waals surface area contributed by atoms with Crippen molar-refractivity contribution >= 4 is 10.0 Å². The number of hydrogen-bond acceptors (Lipinski definition) is 3. The maximum absolute atomic E-state index is 9.41. The number of rotatable bonds is 0. The molecular weight excluding hydrogens is 128 g/mol. The summed E-state index contributed by atoms with van der Waals surface area (Å²) in [5.74, 6) is 0. The van der Waals surface area contributed by atoms with Crippen LogP contribution < -0.4 is 10.9 Å². The fraction of sp³-hybridized carbons (Fsp3) is 1.00. The third-order valence-electron chi connectivity index (χ3n) is 0. The SMILES string of the molecule is CCN.CS(N)(=O)=O. The summed E-state index contributed by atoms with van der Waals surface area (Å²) in [4.78, 5) is 0. The molecule has 0 saturated carbocycles. The Morgan fingerprint density at radius 3 is 1.50 bits per heavy atom. The van der Waals surface area contributed by atoms with Crippen LogP contribution in [0.1, 0.15) is 6.92 Å². The molecule has 4 N–H and O–H groups in total. The van der Waals surface area contributed by atoms with E-state index in [1.807, 2.05) is 6.92 Å². The third kappa shape index (κ3) is 8240. The third-order valence-corrected chi connectivity index (χ3v) is 0. The van der Waals surface area contributed by atoms with Crippen molar-refractivity contribution in [1.82, 2.24) is 0 Å². The quantitative estimate of drug-likeness (QED) is 0.446. The second kappa shape index (κ2) is 5.02. The zero-order chi connectivity index (χ0) is 7.21. The van der Waals surface area contributed by atoms with Crippen LogP contribution in [0.2, 0.25) is 0 Å². The summed E-state index contributed by atoms with van der Waals surface area (Å²) in [7, 11) is -3.17. The van der Waals surface area contributed by atoms with E-state index < -0.39 is 10.0 Å². The van der Waals surface area contributed by atoms with Gasteiger partial charge in [0.1, 0.15) is 0 Å². The molecule has 0 aromatic rings. The molecule has 0 aromatic heterocycles. The van der Waals surface area contributed by atoms with Gasteiger partial charge in [-0.3, -0.25) is 0 Å². The average Bonchev–Trinajstić information content (AvgIpc) is 1.27. The minimum Gasteiger partial charge on any atom is -0.331 e. The highest BCUT2D eigenvalue weighted by Crippen LogP contribution is 1.52. The Labute approximate surface area is 49.9 Å². The predicted molar refractivity (Wildman–Crippen MR) is 33.8 cm³/mol. The molecule has 0 fully saturated rings. The van der Waals surface area contributed by atoms with Gasteiger partial charge in [0.15, 0.2) is 0 Å². The Morgan fingerprint density at radius 1 is 1.50 bits per heavy atom. The van der Waals surface area contributed by atoms with Gasteiger partial charge in [-0.1, -0.05) is 6.92 Å². The highest BCUT2D eigenvalue weighted by molar-refractivity contribution is 7.88. The van der Waals surface area contributed by atoms with Crippen molar-refractivity contribution in [2.45, 2.75) is 6.92 Å². The lowest BCUT2D eigenvalue weighted by Crippen LogP contribution is -2.07. The second-order valence-corrected chi connectivity index (χ2v) is 2.90. The van der Waals surface area contributed by atoms with Crippen LogP contribution in [0, 0.1) is 0 Å². The number of hydrogen-bond donors (Lipinski definition) is 2. The number of primary sulfonamides is 1. The van der Waals surface area contributed by atoms with Gasteiger partial charge in [-0.25, -0.2) is 13.6 Å². The van der Waals surface area contributed by atoms with E-state index in [2.05, 4.69) is 5.14 Å². The minimum atomic E-state index is -3.17. The molecule has 8 heavy (non-hydrogen) atoms. The fourth-order valence-electron chi connectivity index (χ4n) is 0. The van der Waals surface area contributed by atoms with E-state index in [0.29, 0.717) is 0 Å². The Hall–Kier alpha value is -0.130. The van der Waals surface area contributed by atoms with Crippen LogP contribution in [0.4, 0.5) is 0 Å². The van der Waals surface area contributed by atoms with E-state index in [-0.39, 0.29) is 0 Å². The molecule has 0 heterocycles. The van der Waals surface area contributed by atoms with Gasteiger partial charge in [0.25, 0.3) is 0 Å². The monoisotopic (exact) mass is 140 g/mol. The molecule has 5 heteroatoms. The Morgan fingerprint density at radius 2 is 1.50 bits per heavy atom. The van der Waals surface area contributed by atoms with Crippen LogP contribution in [0.5, 0.6) is 0 Å². The summed E-state index contributed by atoms with van der Waals surface area (Å²) < 4.78 is 18.8. The van der Waals surface area contributed by atoms with Gasteiger partial charge in [0.2, 0.25) is 10.0 Å². The van der Waals surface area contributed by atoms with Crippen molar-refractivity contribution in [3.8, 4) is 0 Å². The van der Waals surface area contributed by atoms with Gasteiger partial charge in [-0.2, -0.15) is 0 Å². The van der Waals surface area contributed by atoms with Crippen molar-refractivity contribution in [2.75, 3.05) is 12.8 Å². The lowest BCUT2D eigenvalue weighted by atomic mass is 10.8. The summed E-state index contributed by atoms with van der Waals surface area (Å²) in [6, 6.07) is 0. The first-order valence-electron chi connectivity index (χ1n) is 2.09. The van der Waals surface area contributed by atoms with Gasteiger partial charge >= 0.3 is 0 Å². The molecule has 0 amide bonds. The number of nitrogens with two attached hydrogens (primary N) is 2. The summed E-state index contributed by atoms with van der Waals surface area (Å²) >= 11 is 0. The molecule has 0 radical (unpaired) electrons. The zero-order valence-electron chi connectivity index (χ0n) is 5.09. The van der Waals surface area contributed by atoms with Crippen molar-refractivity contribution in [3.05, 3.63) is 0 Å². The van der Waals surface area contributed by atoms with E-state index in [1.165, 1.54) is 0 Å². The second-order valence-electron chi connectivity index (χ2n) is 1.24. The Balaban J connectivity index is 0.